The summed E-state index contributed by atoms with van der Waals surface area (Å²) in [6.07, 6.45) is 3.69. The molecule has 1 fully saturated rings. The second-order valence-corrected chi connectivity index (χ2v) is 9.96. The summed E-state index contributed by atoms with van der Waals surface area (Å²) < 4.78 is 7.84. The summed E-state index contributed by atoms with van der Waals surface area (Å²) >= 11 is 6.60. The highest BCUT2D eigenvalue weighted by Crippen LogP contribution is 2.38. The fourth-order valence-electron chi connectivity index (χ4n) is 5.07. The van der Waals surface area contributed by atoms with Crippen LogP contribution in [-0.4, -0.2) is 58.1 Å². The molecular weight excluding hydrogens is 510 g/mol. The van der Waals surface area contributed by atoms with Crippen LogP contribution in [-0.2, 0) is 4.79 Å². The molecule has 196 valence electrons. The van der Waals surface area contributed by atoms with Gasteiger partial charge in [0, 0.05) is 37.9 Å². The fraction of sp³-hybridized carbons (Fsp3) is 0.194. The van der Waals surface area contributed by atoms with E-state index in [4.69, 9.17) is 21.3 Å². The predicted molar refractivity (Wildman–Crippen MR) is 155 cm³/mol. The first-order valence-electron chi connectivity index (χ1n) is 13.0. The van der Waals surface area contributed by atoms with Crippen LogP contribution in [0.1, 0.15) is 5.56 Å². The van der Waals surface area contributed by atoms with Crippen LogP contribution >= 0.6 is 11.6 Å². The minimum absolute atomic E-state index is 0.0133. The quantitative estimate of drug-likeness (QED) is 0.275. The Bertz CT molecular complexity index is 1630. The van der Waals surface area contributed by atoms with E-state index >= 15 is 0 Å². The van der Waals surface area contributed by atoms with Crippen molar-refractivity contribution in [1.29, 1.82) is 0 Å². The molecule has 1 saturated heterocycles. The largest absolute Gasteiger partial charge is 0.484 e. The molecule has 0 radical (unpaired) electrons. The van der Waals surface area contributed by atoms with Crippen LogP contribution in [0.4, 0.5) is 5.82 Å². The van der Waals surface area contributed by atoms with Crippen molar-refractivity contribution in [2.75, 3.05) is 37.7 Å². The summed E-state index contributed by atoms with van der Waals surface area (Å²) in [4.78, 5) is 26.4. The van der Waals surface area contributed by atoms with Crippen molar-refractivity contribution >= 4 is 34.4 Å². The Kier molecular flexibility index (Phi) is 6.90. The van der Waals surface area contributed by atoms with E-state index < -0.39 is 0 Å². The molecule has 39 heavy (non-hydrogen) atoms. The van der Waals surface area contributed by atoms with Crippen molar-refractivity contribution in [2.24, 2.45) is 0 Å². The van der Waals surface area contributed by atoms with E-state index in [9.17, 15) is 4.79 Å². The average Bonchev–Trinajstić information content (AvgIpc) is 3.37. The Morgan fingerprint density at radius 3 is 2.38 bits per heavy atom. The number of nitrogens with zero attached hydrogens (tertiary/aromatic N) is 5. The molecule has 7 nitrogen and oxygen atoms in total. The number of hydrogen-bond acceptors (Lipinski definition) is 5. The van der Waals surface area contributed by atoms with Gasteiger partial charge in [0.2, 0.25) is 0 Å². The number of fused-ring (bicyclic) bond motifs is 1. The first-order valence-corrected chi connectivity index (χ1v) is 13.4. The molecule has 8 heteroatoms. The van der Waals surface area contributed by atoms with Crippen LogP contribution in [0, 0.1) is 6.92 Å². The van der Waals surface area contributed by atoms with Crippen LogP contribution in [0.2, 0.25) is 5.02 Å². The van der Waals surface area contributed by atoms with Gasteiger partial charge in [-0.25, -0.2) is 9.97 Å². The lowest BCUT2D eigenvalue weighted by molar-refractivity contribution is -0.133. The van der Waals surface area contributed by atoms with Crippen LogP contribution < -0.4 is 9.64 Å². The predicted octanol–water partition coefficient (Wildman–Crippen LogP) is 5.78. The molecule has 0 atom stereocenters. The second-order valence-electron chi connectivity index (χ2n) is 9.55. The van der Waals surface area contributed by atoms with Gasteiger partial charge in [-0.15, -0.1) is 0 Å². The highest BCUT2D eigenvalue weighted by molar-refractivity contribution is 6.32. The van der Waals surface area contributed by atoms with E-state index in [-0.39, 0.29) is 12.5 Å². The number of aromatic nitrogens is 3. The molecule has 0 aliphatic carbocycles. The van der Waals surface area contributed by atoms with E-state index in [2.05, 4.69) is 28.2 Å². The Labute approximate surface area is 232 Å². The maximum Gasteiger partial charge on any atom is 0.260 e. The van der Waals surface area contributed by atoms with E-state index in [1.807, 2.05) is 83.1 Å². The lowest BCUT2D eigenvalue weighted by atomic mass is 10.1. The number of para-hydroxylation sites is 2. The first-order chi connectivity index (χ1) is 19.1. The standard InChI is InChI=1S/C31H28ClN5O2/c1-22-9-5-8-14-27(22)39-20-28(38)35-15-17-36(18-16-35)30-29-24(23-10-3-2-4-11-23)19-37(31(29)34-21-33-30)26-13-7-6-12-25(26)32/h2-14,19,21H,15-18,20H2,1H3. The number of amides is 1. The van der Waals surface area contributed by atoms with E-state index in [1.54, 1.807) is 6.33 Å². The number of rotatable bonds is 6. The highest BCUT2D eigenvalue weighted by atomic mass is 35.5. The fourth-order valence-corrected chi connectivity index (χ4v) is 5.30. The second kappa shape index (κ2) is 10.8. The van der Waals surface area contributed by atoms with Gasteiger partial charge in [-0.05, 0) is 36.2 Å². The molecule has 0 bridgehead atoms. The maximum atomic E-state index is 12.9. The number of ether oxygens (including phenoxy) is 1. The molecule has 0 saturated carbocycles. The summed E-state index contributed by atoms with van der Waals surface area (Å²) in [6, 6.07) is 25.7. The van der Waals surface area contributed by atoms with Crippen LogP contribution in [0.5, 0.6) is 5.75 Å². The van der Waals surface area contributed by atoms with Crippen molar-refractivity contribution < 1.29 is 9.53 Å². The molecule has 0 N–H and O–H groups in total. The van der Waals surface area contributed by atoms with Crippen LogP contribution in [0.15, 0.2) is 91.4 Å². The Morgan fingerprint density at radius 1 is 0.897 bits per heavy atom. The van der Waals surface area contributed by atoms with Crippen molar-refractivity contribution in [3.8, 4) is 22.6 Å². The number of piperazine rings is 1. The van der Waals surface area contributed by atoms with E-state index in [0.29, 0.717) is 31.2 Å². The van der Waals surface area contributed by atoms with Gasteiger partial charge >= 0.3 is 0 Å². The van der Waals surface area contributed by atoms with Gasteiger partial charge in [0.1, 0.15) is 17.9 Å². The summed E-state index contributed by atoms with van der Waals surface area (Å²) in [7, 11) is 0. The third kappa shape index (κ3) is 4.93. The molecule has 1 aliphatic heterocycles. The van der Waals surface area contributed by atoms with Gasteiger partial charge in [-0.2, -0.15) is 0 Å². The first kappa shape index (κ1) is 24.9. The molecule has 3 heterocycles. The molecule has 1 amide bonds. The lowest BCUT2D eigenvalue weighted by Gasteiger charge is -2.35. The van der Waals surface area contributed by atoms with Crippen molar-refractivity contribution in [1.82, 2.24) is 19.4 Å². The third-order valence-electron chi connectivity index (χ3n) is 7.14. The molecule has 6 rings (SSSR count). The topological polar surface area (TPSA) is 63.5 Å². The average molecular weight is 538 g/mol. The zero-order valence-electron chi connectivity index (χ0n) is 21.6. The Morgan fingerprint density at radius 2 is 1.62 bits per heavy atom. The lowest BCUT2D eigenvalue weighted by Crippen LogP contribution is -2.50. The normalized spacial score (nSPS) is 13.6. The Balaban J connectivity index is 1.28. The number of carbonyl (C=O) groups is 1. The number of halogens is 1. The summed E-state index contributed by atoms with van der Waals surface area (Å²) in [5.41, 5.74) is 4.77. The molecule has 1 aliphatic rings. The molecule has 2 aromatic heterocycles. The van der Waals surface area contributed by atoms with Gasteiger partial charge < -0.3 is 14.5 Å². The van der Waals surface area contributed by atoms with E-state index in [1.165, 1.54) is 0 Å². The molecule has 5 aromatic rings. The van der Waals surface area contributed by atoms with Gasteiger partial charge in [0.25, 0.3) is 5.91 Å². The van der Waals surface area contributed by atoms with Crippen molar-refractivity contribution in [3.05, 3.63) is 102 Å². The van der Waals surface area contributed by atoms with Gasteiger partial charge in [0.15, 0.2) is 12.3 Å². The number of benzene rings is 3. The van der Waals surface area contributed by atoms with E-state index in [0.717, 1.165) is 45.0 Å². The van der Waals surface area contributed by atoms with Crippen LogP contribution in [0.3, 0.4) is 0 Å². The third-order valence-corrected chi connectivity index (χ3v) is 7.46. The zero-order valence-corrected chi connectivity index (χ0v) is 22.4. The SMILES string of the molecule is Cc1ccccc1OCC(=O)N1CCN(c2ncnc3c2c(-c2ccccc2)cn3-c2ccccc2Cl)CC1. The van der Waals surface area contributed by atoms with Gasteiger partial charge in [-0.3, -0.25) is 9.36 Å². The molecule has 3 aromatic carbocycles. The number of aryl methyl sites for hydroxylation is 1. The minimum atomic E-state index is -0.0133. The van der Waals surface area contributed by atoms with Crippen molar-refractivity contribution in [3.63, 3.8) is 0 Å². The summed E-state index contributed by atoms with van der Waals surface area (Å²) in [5, 5.41) is 1.61. The smallest absolute Gasteiger partial charge is 0.260 e. The zero-order chi connectivity index (χ0) is 26.8. The molecule has 0 unspecified atom stereocenters. The van der Waals surface area contributed by atoms with Gasteiger partial charge in [0.05, 0.1) is 16.1 Å². The number of anilines is 1. The minimum Gasteiger partial charge on any atom is -0.484 e. The monoisotopic (exact) mass is 537 g/mol. The number of carbonyl (C=O) groups excluding carboxylic acids is 1. The summed E-state index contributed by atoms with van der Waals surface area (Å²) in [6.45, 7) is 4.51. The van der Waals surface area contributed by atoms with Gasteiger partial charge in [-0.1, -0.05) is 72.3 Å². The maximum absolute atomic E-state index is 12.9. The summed E-state index contributed by atoms with van der Waals surface area (Å²) in [5.74, 6) is 1.58. The molecular formula is C31H28ClN5O2. The van der Waals surface area contributed by atoms with Crippen molar-refractivity contribution in [2.45, 2.75) is 6.92 Å². The van der Waals surface area contributed by atoms with Crippen LogP contribution in [0.25, 0.3) is 27.8 Å². The number of hydrogen-bond donors (Lipinski definition) is 0. The highest BCUT2D eigenvalue weighted by Gasteiger charge is 2.26. The molecule has 0 spiro atoms. The Hall–Kier alpha value is -4.36.